The second-order valence-electron chi connectivity index (χ2n) is 6.32. The lowest BCUT2D eigenvalue weighted by atomic mass is 10.1. The Morgan fingerprint density at radius 3 is 2.79 bits per heavy atom. The summed E-state index contributed by atoms with van der Waals surface area (Å²) in [5.41, 5.74) is 1.08. The second kappa shape index (κ2) is 7.82. The number of hydrogen-bond acceptors (Lipinski definition) is 6. The van der Waals surface area contributed by atoms with Crippen molar-refractivity contribution in [3.05, 3.63) is 65.7 Å². The number of rotatable bonds is 6. The van der Waals surface area contributed by atoms with Gasteiger partial charge < -0.3 is 10.1 Å². The number of fused-ring (bicyclic) bond motifs is 1. The van der Waals surface area contributed by atoms with Crippen LogP contribution in [0.1, 0.15) is 11.6 Å². The molecule has 0 saturated heterocycles. The molecule has 11 heteroatoms. The van der Waals surface area contributed by atoms with Crippen molar-refractivity contribution in [2.45, 2.75) is 17.5 Å². The van der Waals surface area contributed by atoms with Gasteiger partial charge in [-0.2, -0.15) is 5.10 Å². The normalized spacial score (nSPS) is 14.6. The summed E-state index contributed by atoms with van der Waals surface area (Å²) in [7, 11) is -4.02. The maximum absolute atomic E-state index is 13.1. The van der Waals surface area contributed by atoms with Gasteiger partial charge in [-0.1, -0.05) is 41.9 Å². The SMILES string of the molecule is O=C1COc2cc(S(=O)(=O)NC(Cn3cncn3)c3ccccc3)c(Cl)cc2N1. The molecular formula is C18H16ClN5O4S. The number of sulfonamides is 1. The molecule has 0 bridgehead atoms. The molecule has 0 aliphatic carbocycles. The monoisotopic (exact) mass is 433 g/mol. The number of carbonyl (C=O) groups is 1. The molecule has 29 heavy (non-hydrogen) atoms. The number of nitrogens with zero attached hydrogens (tertiary/aromatic N) is 3. The summed E-state index contributed by atoms with van der Waals surface area (Å²) < 4.78 is 35.8. The lowest BCUT2D eigenvalue weighted by Crippen LogP contribution is -2.32. The molecule has 0 spiro atoms. The minimum absolute atomic E-state index is 0.0328. The number of anilines is 1. The van der Waals surface area contributed by atoms with E-state index < -0.39 is 16.1 Å². The summed E-state index contributed by atoms with van der Waals surface area (Å²) in [5.74, 6) is -0.0961. The smallest absolute Gasteiger partial charge is 0.262 e. The van der Waals surface area contributed by atoms with Crippen molar-refractivity contribution >= 4 is 33.2 Å². The Hall–Kier alpha value is -2.95. The van der Waals surface area contributed by atoms with E-state index >= 15 is 0 Å². The zero-order valence-corrected chi connectivity index (χ0v) is 16.5. The number of halogens is 1. The van der Waals surface area contributed by atoms with Gasteiger partial charge in [-0.15, -0.1) is 0 Å². The fraction of sp³-hybridized carbons (Fsp3) is 0.167. The highest BCUT2D eigenvalue weighted by molar-refractivity contribution is 7.89. The number of benzene rings is 2. The first-order valence-corrected chi connectivity index (χ1v) is 10.4. The molecule has 1 aromatic heterocycles. The fourth-order valence-electron chi connectivity index (χ4n) is 2.95. The van der Waals surface area contributed by atoms with Gasteiger partial charge in [0, 0.05) is 6.07 Å². The first kappa shape index (κ1) is 19.4. The average molecular weight is 434 g/mol. The van der Waals surface area contributed by atoms with Crippen LogP contribution in [-0.4, -0.2) is 35.7 Å². The summed E-state index contributed by atoms with van der Waals surface area (Å²) in [5, 5.41) is 6.61. The quantitative estimate of drug-likeness (QED) is 0.614. The van der Waals surface area contributed by atoms with Crippen molar-refractivity contribution in [1.29, 1.82) is 0 Å². The zero-order valence-electron chi connectivity index (χ0n) is 14.9. The first-order valence-electron chi connectivity index (χ1n) is 8.58. The van der Waals surface area contributed by atoms with Crippen LogP contribution < -0.4 is 14.8 Å². The number of nitrogens with one attached hydrogen (secondary N) is 2. The molecule has 4 rings (SSSR count). The highest BCUT2D eigenvalue weighted by atomic mass is 35.5. The van der Waals surface area contributed by atoms with Crippen molar-refractivity contribution in [3.63, 3.8) is 0 Å². The third-order valence-electron chi connectivity index (χ3n) is 4.29. The molecule has 2 aromatic carbocycles. The second-order valence-corrected chi connectivity index (χ2v) is 8.41. The highest BCUT2D eigenvalue weighted by Gasteiger charge is 2.27. The van der Waals surface area contributed by atoms with Gasteiger partial charge in [0.15, 0.2) is 6.61 Å². The van der Waals surface area contributed by atoms with Crippen LogP contribution in [0, 0.1) is 0 Å². The van der Waals surface area contributed by atoms with Crippen molar-refractivity contribution in [2.24, 2.45) is 0 Å². The first-order chi connectivity index (χ1) is 13.9. The molecule has 0 saturated carbocycles. The van der Waals surface area contributed by atoms with Crippen LogP contribution in [0.25, 0.3) is 0 Å². The summed E-state index contributed by atoms with van der Waals surface area (Å²) in [6.45, 7) is 0.0405. The third kappa shape index (κ3) is 4.24. The van der Waals surface area contributed by atoms with Gasteiger partial charge in [0.1, 0.15) is 23.3 Å². The van der Waals surface area contributed by atoms with Crippen LogP contribution in [0.3, 0.4) is 0 Å². The number of amides is 1. The fourth-order valence-corrected chi connectivity index (χ4v) is 4.71. The topological polar surface area (TPSA) is 115 Å². The standard InChI is InChI=1S/C18H16ClN5O4S/c19-13-6-14-16(28-9-18(25)22-14)7-17(13)29(26,27)23-15(8-24-11-20-10-21-24)12-4-2-1-3-5-12/h1-7,10-11,15,23H,8-9H2,(H,22,25). The van der Waals surface area contributed by atoms with Crippen molar-refractivity contribution in [2.75, 3.05) is 11.9 Å². The Bertz CT molecular complexity index is 1140. The Morgan fingerprint density at radius 2 is 2.07 bits per heavy atom. The van der Waals surface area contributed by atoms with E-state index in [9.17, 15) is 13.2 Å². The van der Waals surface area contributed by atoms with Gasteiger partial charge in [-0.05, 0) is 11.6 Å². The van der Waals surface area contributed by atoms with Crippen LogP contribution in [-0.2, 0) is 21.4 Å². The molecule has 3 aromatic rings. The number of aromatic nitrogens is 3. The minimum Gasteiger partial charge on any atom is -0.482 e. The van der Waals surface area contributed by atoms with E-state index in [1.807, 2.05) is 30.3 Å². The lowest BCUT2D eigenvalue weighted by Gasteiger charge is -2.22. The maximum Gasteiger partial charge on any atom is 0.262 e. The molecule has 1 atom stereocenters. The zero-order chi connectivity index (χ0) is 20.4. The van der Waals surface area contributed by atoms with Gasteiger partial charge in [-0.25, -0.2) is 18.1 Å². The Labute approximate surface area is 171 Å². The Balaban J connectivity index is 1.67. The molecule has 9 nitrogen and oxygen atoms in total. The largest absolute Gasteiger partial charge is 0.482 e. The van der Waals surface area contributed by atoms with E-state index in [-0.39, 0.29) is 34.7 Å². The Kier molecular flexibility index (Phi) is 5.22. The summed E-state index contributed by atoms with van der Waals surface area (Å²) in [6, 6.07) is 11.2. The van der Waals surface area contributed by atoms with E-state index in [0.29, 0.717) is 5.69 Å². The van der Waals surface area contributed by atoms with E-state index in [1.54, 1.807) is 0 Å². The van der Waals surface area contributed by atoms with E-state index in [0.717, 1.165) is 5.56 Å². The van der Waals surface area contributed by atoms with Crippen LogP contribution in [0.4, 0.5) is 5.69 Å². The van der Waals surface area contributed by atoms with Gasteiger partial charge in [0.05, 0.1) is 23.3 Å². The van der Waals surface area contributed by atoms with Crippen LogP contribution >= 0.6 is 11.6 Å². The van der Waals surface area contributed by atoms with Crippen molar-refractivity contribution in [1.82, 2.24) is 19.5 Å². The third-order valence-corrected chi connectivity index (χ3v) is 6.23. The number of hydrogen-bond donors (Lipinski definition) is 2. The predicted molar refractivity (Wildman–Crippen MR) is 105 cm³/mol. The molecule has 1 aliphatic heterocycles. The molecule has 2 heterocycles. The van der Waals surface area contributed by atoms with Crippen molar-refractivity contribution in [3.8, 4) is 5.75 Å². The van der Waals surface area contributed by atoms with Crippen molar-refractivity contribution < 1.29 is 17.9 Å². The molecule has 1 unspecified atom stereocenters. The molecule has 150 valence electrons. The maximum atomic E-state index is 13.1. The summed E-state index contributed by atoms with van der Waals surface area (Å²) in [4.78, 5) is 15.2. The van der Waals surface area contributed by atoms with Crippen LogP contribution in [0.15, 0.2) is 60.0 Å². The highest BCUT2D eigenvalue weighted by Crippen LogP contribution is 2.36. The predicted octanol–water partition coefficient (Wildman–Crippen LogP) is 1.98. The molecule has 0 fully saturated rings. The molecule has 2 N–H and O–H groups in total. The van der Waals surface area contributed by atoms with Gasteiger partial charge in [0.25, 0.3) is 5.91 Å². The van der Waals surface area contributed by atoms with Gasteiger partial charge in [-0.3, -0.25) is 9.48 Å². The van der Waals surface area contributed by atoms with Gasteiger partial charge >= 0.3 is 0 Å². The van der Waals surface area contributed by atoms with Crippen LogP contribution in [0.2, 0.25) is 5.02 Å². The number of carbonyl (C=O) groups excluding carboxylic acids is 1. The molecule has 1 aliphatic rings. The van der Waals surface area contributed by atoms with E-state index in [1.165, 1.54) is 29.5 Å². The van der Waals surface area contributed by atoms with Crippen LogP contribution in [0.5, 0.6) is 5.75 Å². The summed E-state index contributed by atoms with van der Waals surface area (Å²) in [6.07, 6.45) is 2.88. The minimum atomic E-state index is -4.02. The Morgan fingerprint density at radius 1 is 1.28 bits per heavy atom. The lowest BCUT2D eigenvalue weighted by molar-refractivity contribution is -0.118. The molecule has 0 radical (unpaired) electrons. The summed E-state index contributed by atoms with van der Waals surface area (Å²) >= 11 is 6.21. The van der Waals surface area contributed by atoms with E-state index in [2.05, 4.69) is 20.1 Å². The molecule has 1 amide bonds. The molecular weight excluding hydrogens is 418 g/mol. The van der Waals surface area contributed by atoms with Gasteiger partial charge in [0.2, 0.25) is 10.0 Å². The van der Waals surface area contributed by atoms with E-state index in [4.69, 9.17) is 16.3 Å². The number of ether oxygens (including phenoxy) is 1. The average Bonchev–Trinajstić information content (AvgIpc) is 3.20.